The molecular formula is C13H12ClFN2O. The number of nitrogens with zero attached hydrogens (tertiary/aromatic N) is 1. The number of hydrogen-bond donors (Lipinski definition) is 1. The molecule has 0 bridgehead atoms. The number of hydrogen-bond acceptors (Lipinski definition) is 3. The van der Waals surface area contributed by atoms with Crippen LogP contribution in [0.2, 0.25) is 5.02 Å². The number of nitrogens with two attached hydrogens (primary N) is 1. The van der Waals surface area contributed by atoms with Crippen molar-refractivity contribution >= 4 is 11.6 Å². The highest BCUT2D eigenvalue weighted by atomic mass is 35.5. The van der Waals surface area contributed by atoms with Gasteiger partial charge in [-0.2, -0.15) is 0 Å². The van der Waals surface area contributed by atoms with Crippen LogP contribution in [0.15, 0.2) is 30.3 Å². The second-order valence-corrected chi connectivity index (χ2v) is 4.20. The van der Waals surface area contributed by atoms with E-state index in [-0.39, 0.29) is 12.4 Å². The molecule has 0 aliphatic carbocycles. The van der Waals surface area contributed by atoms with Crippen LogP contribution in [-0.2, 0) is 6.54 Å². The third kappa shape index (κ3) is 2.78. The first-order valence-electron chi connectivity index (χ1n) is 5.39. The van der Waals surface area contributed by atoms with Crippen molar-refractivity contribution in [3.63, 3.8) is 0 Å². The van der Waals surface area contributed by atoms with Gasteiger partial charge in [0, 0.05) is 12.6 Å². The van der Waals surface area contributed by atoms with Gasteiger partial charge >= 0.3 is 0 Å². The molecule has 0 amide bonds. The van der Waals surface area contributed by atoms with E-state index in [9.17, 15) is 4.39 Å². The largest absolute Gasteiger partial charge is 0.439 e. The highest BCUT2D eigenvalue weighted by Gasteiger charge is 2.06. The Balaban J connectivity index is 2.28. The molecule has 0 saturated carbocycles. The van der Waals surface area contributed by atoms with Crippen LogP contribution >= 0.6 is 11.6 Å². The molecule has 0 aliphatic rings. The first kappa shape index (κ1) is 12.8. The van der Waals surface area contributed by atoms with Crippen molar-refractivity contribution in [2.24, 2.45) is 5.73 Å². The maximum atomic E-state index is 13.0. The van der Waals surface area contributed by atoms with Crippen molar-refractivity contribution in [2.75, 3.05) is 0 Å². The van der Waals surface area contributed by atoms with Crippen molar-refractivity contribution < 1.29 is 9.13 Å². The van der Waals surface area contributed by atoms with Gasteiger partial charge in [-0.15, -0.1) is 0 Å². The normalized spacial score (nSPS) is 10.4. The van der Waals surface area contributed by atoms with Gasteiger partial charge in [0.25, 0.3) is 0 Å². The minimum absolute atomic E-state index is 0.235. The number of benzene rings is 1. The summed E-state index contributed by atoms with van der Waals surface area (Å²) < 4.78 is 18.5. The van der Waals surface area contributed by atoms with Crippen LogP contribution in [0.1, 0.15) is 11.3 Å². The van der Waals surface area contributed by atoms with E-state index in [0.29, 0.717) is 27.9 Å². The zero-order valence-corrected chi connectivity index (χ0v) is 10.5. The summed E-state index contributed by atoms with van der Waals surface area (Å²) in [6, 6.07) is 7.61. The molecule has 2 rings (SSSR count). The molecule has 18 heavy (non-hydrogen) atoms. The summed E-state index contributed by atoms with van der Waals surface area (Å²) in [5.41, 5.74) is 6.77. The standard InChI is InChI=1S/C13H12ClFN2O/c1-8-6-9(15)2-4-12(8)18-13-5-3-10(14)11(7-16)17-13/h2-6H,7,16H2,1H3. The molecule has 1 aromatic carbocycles. The number of halogens is 2. The molecule has 2 N–H and O–H groups in total. The molecule has 3 nitrogen and oxygen atoms in total. The van der Waals surface area contributed by atoms with Crippen LogP contribution in [0, 0.1) is 12.7 Å². The Morgan fingerprint density at radius 3 is 2.78 bits per heavy atom. The predicted molar refractivity (Wildman–Crippen MR) is 68.3 cm³/mol. The van der Waals surface area contributed by atoms with Gasteiger partial charge in [-0.05, 0) is 36.8 Å². The molecule has 94 valence electrons. The Bertz CT molecular complexity index is 575. The third-order valence-corrected chi connectivity index (χ3v) is 2.78. The summed E-state index contributed by atoms with van der Waals surface area (Å²) in [7, 11) is 0. The fraction of sp³-hybridized carbons (Fsp3) is 0.154. The Morgan fingerprint density at radius 1 is 1.33 bits per heavy atom. The third-order valence-electron chi connectivity index (χ3n) is 2.44. The van der Waals surface area contributed by atoms with Crippen molar-refractivity contribution in [2.45, 2.75) is 13.5 Å². The molecule has 2 aromatic rings. The van der Waals surface area contributed by atoms with Crippen molar-refractivity contribution in [1.82, 2.24) is 4.98 Å². The second-order valence-electron chi connectivity index (χ2n) is 3.79. The Hall–Kier alpha value is -1.65. The summed E-state index contributed by atoms with van der Waals surface area (Å²) >= 11 is 5.90. The molecule has 1 aromatic heterocycles. The number of aryl methyl sites for hydroxylation is 1. The summed E-state index contributed by atoms with van der Waals surface area (Å²) in [6.07, 6.45) is 0. The van der Waals surface area contributed by atoms with Gasteiger partial charge in [-0.25, -0.2) is 9.37 Å². The Kier molecular flexibility index (Phi) is 3.79. The molecule has 1 heterocycles. The minimum Gasteiger partial charge on any atom is -0.439 e. The van der Waals surface area contributed by atoms with Gasteiger partial charge in [-0.3, -0.25) is 0 Å². The summed E-state index contributed by atoms with van der Waals surface area (Å²) in [5, 5.41) is 0.501. The zero-order valence-electron chi connectivity index (χ0n) is 9.78. The van der Waals surface area contributed by atoms with E-state index < -0.39 is 0 Å². The molecular weight excluding hydrogens is 255 g/mol. The van der Waals surface area contributed by atoms with Gasteiger partial charge < -0.3 is 10.5 Å². The Labute approximate surface area is 109 Å². The molecule has 0 atom stereocenters. The lowest BCUT2D eigenvalue weighted by atomic mass is 10.2. The topological polar surface area (TPSA) is 48.1 Å². The van der Waals surface area contributed by atoms with Crippen LogP contribution < -0.4 is 10.5 Å². The van der Waals surface area contributed by atoms with Crippen LogP contribution in [0.4, 0.5) is 4.39 Å². The monoisotopic (exact) mass is 266 g/mol. The number of aromatic nitrogens is 1. The molecule has 0 saturated heterocycles. The fourth-order valence-electron chi connectivity index (χ4n) is 1.50. The number of ether oxygens (including phenoxy) is 1. The lowest BCUT2D eigenvalue weighted by Crippen LogP contribution is -2.01. The molecule has 0 fully saturated rings. The molecule has 0 radical (unpaired) electrons. The van der Waals surface area contributed by atoms with E-state index in [4.69, 9.17) is 22.1 Å². The lowest BCUT2D eigenvalue weighted by molar-refractivity contribution is 0.455. The Morgan fingerprint density at radius 2 is 2.11 bits per heavy atom. The molecule has 0 spiro atoms. The highest BCUT2D eigenvalue weighted by Crippen LogP contribution is 2.26. The maximum Gasteiger partial charge on any atom is 0.219 e. The minimum atomic E-state index is -0.299. The number of rotatable bonds is 3. The van der Waals surface area contributed by atoms with E-state index in [2.05, 4.69) is 4.98 Å². The molecule has 0 unspecified atom stereocenters. The zero-order chi connectivity index (χ0) is 13.1. The second kappa shape index (κ2) is 5.33. The summed E-state index contributed by atoms with van der Waals surface area (Å²) in [4.78, 5) is 4.18. The van der Waals surface area contributed by atoms with Gasteiger partial charge in [-0.1, -0.05) is 11.6 Å². The average Bonchev–Trinajstić information content (AvgIpc) is 2.35. The first-order chi connectivity index (χ1) is 8.60. The van der Waals surface area contributed by atoms with E-state index in [0.717, 1.165) is 0 Å². The molecule has 0 aliphatic heterocycles. The SMILES string of the molecule is Cc1cc(F)ccc1Oc1ccc(Cl)c(CN)n1. The maximum absolute atomic E-state index is 13.0. The van der Waals surface area contributed by atoms with E-state index in [1.54, 1.807) is 25.1 Å². The van der Waals surface area contributed by atoms with Crippen molar-refractivity contribution in [3.8, 4) is 11.6 Å². The first-order valence-corrected chi connectivity index (χ1v) is 5.77. The fourth-order valence-corrected chi connectivity index (χ4v) is 1.69. The van der Waals surface area contributed by atoms with Crippen LogP contribution in [0.3, 0.4) is 0 Å². The lowest BCUT2D eigenvalue weighted by Gasteiger charge is -2.09. The smallest absolute Gasteiger partial charge is 0.219 e. The average molecular weight is 267 g/mol. The summed E-state index contributed by atoms with van der Waals surface area (Å²) in [6.45, 7) is 2.00. The van der Waals surface area contributed by atoms with Crippen LogP contribution in [0.25, 0.3) is 0 Å². The van der Waals surface area contributed by atoms with Gasteiger partial charge in [0.1, 0.15) is 11.6 Å². The summed E-state index contributed by atoms with van der Waals surface area (Å²) in [5.74, 6) is 0.635. The van der Waals surface area contributed by atoms with E-state index >= 15 is 0 Å². The van der Waals surface area contributed by atoms with Gasteiger partial charge in [0.2, 0.25) is 5.88 Å². The predicted octanol–water partition coefficient (Wildman–Crippen LogP) is 3.43. The molecule has 5 heteroatoms. The van der Waals surface area contributed by atoms with Crippen LogP contribution in [-0.4, -0.2) is 4.98 Å². The van der Waals surface area contributed by atoms with Gasteiger partial charge in [0.15, 0.2) is 0 Å². The van der Waals surface area contributed by atoms with E-state index in [1.165, 1.54) is 12.1 Å². The van der Waals surface area contributed by atoms with E-state index in [1.807, 2.05) is 0 Å². The quantitative estimate of drug-likeness (QED) is 0.926. The van der Waals surface area contributed by atoms with Crippen molar-refractivity contribution in [1.29, 1.82) is 0 Å². The van der Waals surface area contributed by atoms with Crippen molar-refractivity contribution in [3.05, 3.63) is 52.4 Å². The number of pyridine rings is 1. The van der Waals surface area contributed by atoms with Crippen LogP contribution in [0.5, 0.6) is 11.6 Å². The van der Waals surface area contributed by atoms with Gasteiger partial charge in [0.05, 0.1) is 10.7 Å². The highest BCUT2D eigenvalue weighted by molar-refractivity contribution is 6.31.